The van der Waals surface area contributed by atoms with Crippen LogP contribution in [0.25, 0.3) is 0 Å². The zero-order chi connectivity index (χ0) is 13.3. The highest BCUT2D eigenvalue weighted by atomic mass is 32.2. The van der Waals surface area contributed by atoms with Crippen LogP contribution < -0.4 is 10.6 Å². The van der Waals surface area contributed by atoms with Gasteiger partial charge in [-0.15, -0.1) is 0 Å². The van der Waals surface area contributed by atoms with Crippen molar-refractivity contribution in [3.63, 3.8) is 0 Å². The van der Waals surface area contributed by atoms with Crippen molar-refractivity contribution in [2.45, 2.75) is 24.3 Å². The summed E-state index contributed by atoms with van der Waals surface area (Å²) in [6.07, 6.45) is 0. The number of anilines is 2. The number of rotatable bonds is 2. The Morgan fingerprint density at radius 2 is 2.06 bits per heavy atom. The molecule has 18 heavy (non-hydrogen) atoms. The predicted molar refractivity (Wildman–Crippen MR) is 74.3 cm³/mol. The van der Waals surface area contributed by atoms with E-state index in [0.717, 1.165) is 13.1 Å². The van der Waals surface area contributed by atoms with E-state index in [0.29, 0.717) is 22.0 Å². The number of aromatic nitrogens is 1. The molecule has 0 aromatic carbocycles. The third kappa shape index (κ3) is 2.69. The van der Waals surface area contributed by atoms with Crippen molar-refractivity contribution in [1.82, 2.24) is 4.98 Å². The second-order valence-corrected chi connectivity index (χ2v) is 6.46. The van der Waals surface area contributed by atoms with E-state index in [4.69, 9.17) is 10.8 Å². The summed E-state index contributed by atoms with van der Waals surface area (Å²) in [5.74, 6) is -0.433. The summed E-state index contributed by atoms with van der Waals surface area (Å²) in [7, 11) is 0. The van der Waals surface area contributed by atoms with Gasteiger partial charge in [0.15, 0.2) is 11.5 Å². The third-order valence-electron chi connectivity index (χ3n) is 2.84. The van der Waals surface area contributed by atoms with Crippen molar-refractivity contribution in [3.8, 4) is 0 Å². The first-order valence-electron chi connectivity index (χ1n) is 5.87. The number of carboxylic acid groups (broad SMARTS) is 1. The number of hydrogen-bond acceptors (Lipinski definition) is 5. The maximum atomic E-state index is 10.9. The molecule has 2 atom stereocenters. The van der Waals surface area contributed by atoms with Crippen LogP contribution >= 0.6 is 11.8 Å². The van der Waals surface area contributed by atoms with Crippen LogP contribution in [0.4, 0.5) is 11.5 Å². The van der Waals surface area contributed by atoms with Crippen LogP contribution in [0.2, 0.25) is 0 Å². The van der Waals surface area contributed by atoms with E-state index in [1.807, 2.05) is 11.8 Å². The summed E-state index contributed by atoms with van der Waals surface area (Å²) in [6, 6.07) is 3.05. The van der Waals surface area contributed by atoms with Gasteiger partial charge in [-0.05, 0) is 12.1 Å². The molecule has 0 bridgehead atoms. The molecule has 0 aliphatic carbocycles. The molecule has 1 aliphatic heterocycles. The lowest BCUT2D eigenvalue weighted by atomic mass is 10.2. The van der Waals surface area contributed by atoms with Crippen LogP contribution in [0.15, 0.2) is 12.1 Å². The molecule has 2 heterocycles. The van der Waals surface area contributed by atoms with E-state index in [9.17, 15) is 4.79 Å². The number of carbonyl (C=O) groups is 1. The van der Waals surface area contributed by atoms with Crippen LogP contribution in [0.5, 0.6) is 0 Å². The number of thioether (sulfide) groups is 1. The van der Waals surface area contributed by atoms with Gasteiger partial charge < -0.3 is 15.7 Å². The normalized spacial score (nSPS) is 24.0. The van der Waals surface area contributed by atoms with E-state index < -0.39 is 5.97 Å². The maximum Gasteiger partial charge on any atom is 0.354 e. The van der Waals surface area contributed by atoms with E-state index in [1.54, 1.807) is 6.07 Å². The van der Waals surface area contributed by atoms with E-state index in [-0.39, 0.29) is 5.69 Å². The number of hydrogen-bond donors (Lipinski definition) is 2. The Labute approximate surface area is 110 Å². The first kappa shape index (κ1) is 13.0. The smallest absolute Gasteiger partial charge is 0.354 e. The van der Waals surface area contributed by atoms with Crippen LogP contribution in [0.3, 0.4) is 0 Å². The van der Waals surface area contributed by atoms with Crippen molar-refractivity contribution in [2.75, 3.05) is 23.7 Å². The fraction of sp³-hybridized carbons (Fsp3) is 0.500. The molecule has 1 saturated heterocycles. The standard InChI is InChI=1S/C12H17N3O2S/c1-7-5-15(6-8(2)18-7)11-9(13)3-4-10(14-11)12(16)17/h3-4,7-8H,5-6,13H2,1-2H3,(H,16,17). The van der Waals surface area contributed by atoms with Gasteiger partial charge in [-0.2, -0.15) is 11.8 Å². The molecule has 0 saturated carbocycles. The van der Waals surface area contributed by atoms with Crippen molar-refractivity contribution in [2.24, 2.45) is 0 Å². The predicted octanol–water partition coefficient (Wildman–Crippen LogP) is 1.69. The molecule has 1 aliphatic rings. The van der Waals surface area contributed by atoms with Gasteiger partial charge in [0.25, 0.3) is 0 Å². The number of carboxylic acids is 1. The van der Waals surface area contributed by atoms with Crippen molar-refractivity contribution in [3.05, 3.63) is 17.8 Å². The average molecular weight is 267 g/mol. The lowest BCUT2D eigenvalue weighted by molar-refractivity contribution is 0.0690. The number of nitrogens with two attached hydrogens (primary N) is 1. The molecule has 1 aromatic heterocycles. The number of aromatic carboxylic acids is 1. The van der Waals surface area contributed by atoms with E-state index in [2.05, 4.69) is 23.7 Å². The van der Waals surface area contributed by atoms with Crippen molar-refractivity contribution in [1.29, 1.82) is 0 Å². The zero-order valence-corrected chi connectivity index (χ0v) is 11.3. The summed E-state index contributed by atoms with van der Waals surface area (Å²) in [6.45, 7) is 6.00. The topological polar surface area (TPSA) is 79.5 Å². The minimum Gasteiger partial charge on any atom is -0.477 e. The fourth-order valence-electron chi connectivity index (χ4n) is 2.18. The SMILES string of the molecule is CC1CN(c2nc(C(=O)O)ccc2N)CC(C)S1. The minimum absolute atomic E-state index is 0.0396. The lowest BCUT2D eigenvalue weighted by Crippen LogP contribution is -2.41. The Bertz CT molecular complexity index is 457. The molecule has 0 amide bonds. The molecule has 1 aromatic rings. The summed E-state index contributed by atoms with van der Waals surface area (Å²) in [5, 5.41) is 9.96. The highest BCUT2D eigenvalue weighted by Gasteiger charge is 2.25. The Kier molecular flexibility index (Phi) is 3.65. The number of nitrogens with zero attached hydrogens (tertiary/aromatic N) is 2. The largest absolute Gasteiger partial charge is 0.477 e. The first-order chi connectivity index (χ1) is 8.47. The molecule has 98 valence electrons. The minimum atomic E-state index is -1.02. The molecular formula is C12H17N3O2S. The average Bonchev–Trinajstić information content (AvgIpc) is 2.27. The van der Waals surface area contributed by atoms with E-state index in [1.165, 1.54) is 6.07 Å². The van der Waals surface area contributed by atoms with Gasteiger partial charge in [0.05, 0.1) is 5.69 Å². The summed E-state index contributed by atoms with van der Waals surface area (Å²) in [4.78, 5) is 17.2. The Morgan fingerprint density at radius 1 is 1.44 bits per heavy atom. The van der Waals surface area contributed by atoms with Crippen molar-refractivity contribution < 1.29 is 9.90 Å². The summed E-state index contributed by atoms with van der Waals surface area (Å²) in [5.41, 5.74) is 6.48. The van der Waals surface area contributed by atoms with Gasteiger partial charge in [0, 0.05) is 23.6 Å². The van der Waals surface area contributed by atoms with Gasteiger partial charge in [-0.1, -0.05) is 13.8 Å². The van der Waals surface area contributed by atoms with Crippen molar-refractivity contribution >= 4 is 29.2 Å². The highest BCUT2D eigenvalue weighted by Crippen LogP contribution is 2.30. The van der Waals surface area contributed by atoms with E-state index >= 15 is 0 Å². The molecule has 0 spiro atoms. The molecule has 1 fully saturated rings. The van der Waals surface area contributed by atoms with Gasteiger partial charge in [-0.25, -0.2) is 9.78 Å². The molecule has 0 radical (unpaired) electrons. The Hall–Kier alpha value is -1.43. The second-order valence-electron chi connectivity index (χ2n) is 4.58. The Morgan fingerprint density at radius 3 is 2.61 bits per heavy atom. The maximum absolute atomic E-state index is 10.9. The highest BCUT2D eigenvalue weighted by molar-refractivity contribution is 8.00. The quantitative estimate of drug-likeness (QED) is 0.849. The number of pyridine rings is 1. The van der Waals surface area contributed by atoms with Crippen LogP contribution in [-0.4, -0.2) is 39.6 Å². The van der Waals surface area contributed by atoms with Crippen LogP contribution in [-0.2, 0) is 0 Å². The van der Waals surface area contributed by atoms with Gasteiger partial charge in [0.2, 0.25) is 0 Å². The Balaban J connectivity index is 2.31. The number of nitrogen functional groups attached to an aromatic ring is 1. The molecular weight excluding hydrogens is 250 g/mol. The molecule has 3 N–H and O–H groups in total. The first-order valence-corrected chi connectivity index (χ1v) is 6.82. The second kappa shape index (κ2) is 5.06. The summed E-state index contributed by atoms with van der Waals surface area (Å²) < 4.78 is 0. The third-order valence-corrected chi connectivity index (χ3v) is 4.07. The van der Waals surface area contributed by atoms with Crippen LogP contribution in [0, 0.1) is 0 Å². The van der Waals surface area contributed by atoms with Gasteiger partial charge in [0.1, 0.15) is 0 Å². The van der Waals surface area contributed by atoms with Crippen LogP contribution in [0.1, 0.15) is 24.3 Å². The molecule has 6 heteroatoms. The zero-order valence-electron chi connectivity index (χ0n) is 10.5. The van der Waals surface area contributed by atoms with Gasteiger partial charge in [-0.3, -0.25) is 0 Å². The monoisotopic (exact) mass is 267 g/mol. The molecule has 2 rings (SSSR count). The molecule has 2 unspecified atom stereocenters. The lowest BCUT2D eigenvalue weighted by Gasteiger charge is -2.36. The fourth-order valence-corrected chi connectivity index (χ4v) is 3.51. The molecule has 5 nitrogen and oxygen atoms in total. The van der Waals surface area contributed by atoms with Gasteiger partial charge >= 0.3 is 5.97 Å². The summed E-state index contributed by atoms with van der Waals surface area (Å²) >= 11 is 1.93.